The molecule has 2 rings (SSSR count). The van der Waals surface area contributed by atoms with Gasteiger partial charge in [0, 0.05) is 22.2 Å². The molecule has 1 aromatic rings. The Morgan fingerprint density at radius 1 is 1.24 bits per heavy atom. The van der Waals surface area contributed by atoms with Crippen LogP contribution in [0.2, 0.25) is 0 Å². The van der Waals surface area contributed by atoms with E-state index in [2.05, 4.69) is 5.32 Å². The predicted molar refractivity (Wildman–Crippen MR) is 80.9 cm³/mol. The van der Waals surface area contributed by atoms with E-state index in [9.17, 15) is 14.4 Å². The summed E-state index contributed by atoms with van der Waals surface area (Å²) in [5.41, 5.74) is 0. The quantitative estimate of drug-likeness (QED) is 0.868. The lowest BCUT2D eigenvalue weighted by Gasteiger charge is -2.35. The first-order valence-electron chi connectivity index (χ1n) is 7.04. The molecule has 0 aliphatic carbocycles. The van der Waals surface area contributed by atoms with Gasteiger partial charge >= 0.3 is 6.03 Å². The van der Waals surface area contributed by atoms with E-state index in [0.717, 1.165) is 4.88 Å². The summed E-state index contributed by atoms with van der Waals surface area (Å²) >= 11 is 1.65. The van der Waals surface area contributed by atoms with Gasteiger partial charge in [0.15, 0.2) is 0 Å². The van der Waals surface area contributed by atoms with E-state index in [-0.39, 0.29) is 17.9 Å². The molecule has 6 heteroatoms. The van der Waals surface area contributed by atoms with Gasteiger partial charge in [-0.2, -0.15) is 0 Å². The van der Waals surface area contributed by atoms with Gasteiger partial charge in [-0.1, -0.05) is 13.8 Å². The van der Waals surface area contributed by atoms with E-state index in [1.165, 1.54) is 9.78 Å². The van der Waals surface area contributed by atoms with Crippen LogP contribution >= 0.6 is 11.3 Å². The highest BCUT2D eigenvalue weighted by atomic mass is 32.1. The zero-order valence-corrected chi connectivity index (χ0v) is 13.5. The number of rotatable bonds is 4. The van der Waals surface area contributed by atoms with Crippen LogP contribution in [0.3, 0.4) is 0 Å². The number of carbonyl (C=O) groups excluding carboxylic acids is 3. The molecule has 0 saturated carbocycles. The molecule has 1 N–H and O–H groups in total. The number of imide groups is 2. The molecule has 0 aromatic carbocycles. The molecule has 2 heterocycles. The maximum Gasteiger partial charge on any atom is 0.331 e. The number of thiophene rings is 1. The van der Waals surface area contributed by atoms with E-state index in [4.69, 9.17) is 0 Å². The van der Waals surface area contributed by atoms with Crippen molar-refractivity contribution in [1.82, 2.24) is 10.2 Å². The molecule has 5 nitrogen and oxygen atoms in total. The Bertz CT molecular complexity index is 579. The predicted octanol–water partition coefficient (Wildman–Crippen LogP) is 2.34. The molecular formula is C15H20N2O3S. The number of urea groups is 1. The molecule has 1 aliphatic rings. The van der Waals surface area contributed by atoms with Crippen molar-refractivity contribution in [3.05, 3.63) is 21.9 Å². The van der Waals surface area contributed by atoms with Gasteiger partial charge in [-0.25, -0.2) is 4.79 Å². The minimum atomic E-state index is -0.782. The smallest absolute Gasteiger partial charge is 0.277 e. The lowest BCUT2D eigenvalue weighted by atomic mass is 9.91. The number of amides is 4. The van der Waals surface area contributed by atoms with Gasteiger partial charge < -0.3 is 0 Å². The maximum atomic E-state index is 12.5. The minimum absolute atomic E-state index is 0.135. The first kappa shape index (κ1) is 15.7. The van der Waals surface area contributed by atoms with Crippen LogP contribution in [0.5, 0.6) is 0 Å². The monoisotopic (exact) mass is 308 g/mol. The van der Waals surface area contributed by atoms with Gasteiger partial charge in [0.2, 0.25) is 11.8 Å². The van der Waals surface area contributed by atoms with Gasteiger partial charge in [-0.15, -0.1) is 11.3 Å². The summed E-state index contributed by atoms with van der Waals surface area (Å²) < 4.78 is 0. The Balaban J connectivity index is 2.18. The number of nitrogens with one attached hydrogen (secondary N) is 1. The molecule has 21 heavy (non-hydrogen) atoms. The van der Waals surface area contributed by atoms with E-state index in [1.807, 2.05) is 39.8 Å². The van der Waals surface area contributed by atoms with Crippen LogP contribution in [-0.4, -0.2) is 28.8 Å². The molecule has 2 atom stereocenters. The van der Waals surface area contributed by atoms with Crippen molar-refractivity contribution in [1.29, 1.82) is 0 Å². The summed E-state index contributed by atoms with van der Waals surface area (Å²) in [7, 11) is 0. The van der Waals surface area contributed by atoms with Crippen molar-refractivity contribution in [2.75, 3.05) is 0 Å². The summed E-state index contributed by atoms with van der Waals surface area (Å²) in [6.45, 7) is 7.47. The van der Waals surface area contributed by atoms with Gasteiger partial charge in [0.05, 0.1) is 0 Å². The number of hydrogen-bond donors (Lipinski definition) is 1. The van der Waals surface area contributed by atoms with E-state index < -0.39 is 17.9 Å². The van der Waals surface area contributed by atoms with Crippen LogP contribution in [-0.2, 0) is 16.0 Å². The van der Waals surface area contributed by atoms with Crippen molar-refractivity contribution >= 4 is 29.2 Å². The van der Waals surface area contributed by atoms with Crippen LogP contribution in [0.15, 0.2) is 12.1 Å². The topological polar surface area (TPSA) is 66.5 Å². The SMILES string of the molecule is Cc1ccc(CC(C)N2C(=O)NC(=O)C(C(C)C)C2=O)s1. The Labute approximate surface area is 128 Å². The molecule has 0 spiro atoms. The molecule has 4 amide bonds. The first-order valence-corrected chi connectivity index (χ1v) is 7.86. The highest BCUT2D eigenvalue weighted by Crippen LogP contribution is 2.24. The maximum absolute atomic E-state index is 12.5. The Morgan fingerprint density at radius 2 is 1.90 bits per heavy atom. The molecule has 0 bridgehead atoms. The van der Waals surface area contributed by atoms with Crippen LogP contribution in [0, 0.1) is 18.8 Å². The second kappa shape index (κ2) is 5.97. The molecule has 114 valence electrons. The number of nitrogens with zero attached hydrogens (tertiary/aromatic N) is 1. The molecule has 1 saturated heterocycles. The summed E-state index contributed by atoms with van der Waals surface area (Å²) in [6, 6.07) is 3.15. The molecule has 1 aromatic heterocycles. The third kappa shape index (κ3) is 3.15. The number of aryl methyl sites for hydroxylation is 1. The van der Waals surface area contributed by atoms with E-state index >= 15 is 0 Å². The van der Waals surface area contributed by atoms with Gasteiger partial charge in [0.1, 0.15) is 5.92 Å². The van der Waals surface area contributed by atoms with Crippen LogP contribution < -0.4 is 5.32 Å². The van der Waals surface area contributed by atoms with Crippen LogP contribution in [0.4, 0.5) is 4.79 Å². The fourth-order valence-electron chi connectivity index (χ4n) is 2.59. The molecule has 0 radical (unpaired) electrons. The average molecular weight is 308 g/mol. The highest BCUT2D eigenvalue weighted by Gasteiger charge is 2.43. The second-order valence-electron chi connectivity index (χ2n) is 5.79. The zero-order valence-electron chi connectivity index (χ0n) is 12.7. The fraction of sp³-hybridized carbons (Fsp3) is 0.533. The lowest BCUT2D eigenvalue weighted by Crippen LogP contribution is -2.61. The molecule has 1 aliphatic heterocycles. The van der Waals surface area contributed by atoms with Crippen molar-refractivity contribution in [2.24, 2.45) is 11.8 Å². The fourth-order valence-corrected chi connectivity index (χ4v) is 3.60. The van der Waals surface area contributed by atoms with Crippen LogP contribution in [0.25, 0.3) is 0 Å². The van der Waals surface area contributed by atoms with E-state index in [1.54, 1.807) is 11.3 Å². The Kier molecular flexibility index (Phi) is 4.46. The largest absolute Gasteiger partial charge is 0.331 e. The third-order valence-corrected chi connectivity index (χ3v) is 4.66. The van der Waals surface area contributed by atoms with Gasteiger partial charge in [-0.3, -0.25) is 19.8 Å². The van der Waals surface area contributed by atoms with Crippen molar-refractivity contribution in [3.63, 3.8) is 0 Å². The van der Waals surface area contributed by atoms with Gasteiger partial charge in [-0.05, 0) is 31.9 Å². The molecular weight excluding hydrogens is 288 g/mol. The van der Waals surface area contributed by atoms with E-state index in [0.29, 0.717) is 6.42 Å². The summed E-state index contributed by atoms with van der Waals surface area (Å²) in [4.78, 5) is 39.8. The average Bonchev–Trinajstić information content (AvgIpc) is 2.73. The van der Waals surface area contributed by atoms with Crippen molar-refractivity contribution < 1.29 is 14.4 Å². The summed E-state index contributed by atoms with van der Waals surface area (Å²) in [5.74, 6) is -1.80. The summed E-state index contributed by atoms with van der Waals surface area (Å²) in [5, 5.41) is 2.29. The zero-order chi connectivity index (χ0) is 15.7. The number of barbiturate groups is 1. The number of hydrogen-bond acceptors (Lipinski definition) is 4. The van der Waals surface area contributed by atoms with Gasteiger partial charge in [0.25, 0.3) is 0 Å². The number of carbonyl (C=O) groups is 3. The normalized spacial score (nSPS) is 20.9. The Hall–Kier alpha value is -1.69. The molecule has 1 fully saturated rings. The van der Waals surface area contributed by atoms with Crippen molar-refractivity contribution in [2.45, 2.75) is 40.2 Å². The van der Waals surface area contributed by atoms with Crippen molar-refractivity contribution in [3.8, 4) is 0 Å². The Morgan fingerprint density at radius 3 is 2.43 bits per heavy atom. The second-order valence-corrected chi connectivity index (χ2v) is 7.16. The minimum Gasteiger partial charge on any atom is -0.277 e. The lowest BCUT2D eigenvalue weighted by molar-refractivity contribution is -0.145. The summed E-state index contributed by atoms with van der Waals surface area (Å²) in [6.07, 6.45) is 0.608. The standard InChI is InChI=1S/C15H20N2O3S/c1-8(2)12-13(18)16-15(20)17(14(12)19)9(3)7-11-6-5-10(4)21-11/h5-6,8-9,12H,7H2,1-4H3,(H,16,18,20). The molecule has 2 unspecified atom stereocenters. The highest BCUT2D eigenvalue weighted by molar-refractivity contribution is 7.11. The third-order valence-electron chi connectivity index (χ3n) is 3.63. The first-order chi connectivity index (χ1) is 9.81. The van der Waals surface area contributed by atoms with Crippen LogP contribution in [0.1, 0.15) is 30.5 Å².